The van der Waals surface area contributed by atoms with Gasteiger partial charge < -0.3 is 15.8 Å². The van der Waals surface area contributed by atoms with E-state index in [0.29, 0.717) is 11.6 Å². The number of aromatic nitrogens is 1. The molecule has 0 aliphatic carbocycles. The Morgan fingerprint density at radius 2 is 2.28 bits per heavy atom. The van der Waals surface area contributed by atoms with Crippen molar-refractivity contribution in [3.63, 3.8) is 0 Å². The summed E-state index contributed by atoms with van der Waals surface area (Å²) in [6.07, 6.45) is 1.83. The number of methoxy groups -OCH3 is 1. The van der Waals surface area contributed by atoms with E-state index in [1.54, 1.807) is 24.5 Å². The first-order chi connectivity index (χ1) is 8.69. The minimum absolute atomic E-state index is 0.373. The molecule has 0 aliphatic heterocycles. The fraction of sp³-hybridized carbons (Fsp3) is 0.308. The second-order valence-corrected chi connectivity index (χ2v) is 5.07. The minimum Gasteiger partial charge on any atom is -0.497 e. The van der Waals surface area contributed by atoms with E-state index >= 15 is 0 Å². The minimum atomic E-state index is 0.373. The van der Waals surface area contributed by atoms with Gasteiger partial charge in [0.05, 0.1) is 12.1 Å². The van der Waals surface area contributed by atoms with E-state index in [0.717, 1.165) is 23.0 Å². The number of nitrogens with two attached hydrogens (primary N) is 1. The summed E-state index contributed by atoms with van der Waals surface area (Å²) in [5.74, 6) is 1.14. The van der Waals surface area contributed by atoms with Crippen molar-refractivity contribution in [3.8, 4) is 5.75 Å². The first kappa shape index (κ1) is 12.7. The first-order valence-electron chi connectivity index (χ1n) is 5.77. The van der Waals surface area contributed by atoms with Gasteiger partial charge in [-0.3, -0.25) is 0 Å². The molecule has 0 fully saturated rings. The molecule has 4 nitrogen and oxygen atoms in total. The summed E-state index contributed by atoms with van der Waals surface area (Å²) in [6.45, 7) is 2.97. The molecule has 3 N–H and O–H groups in total. The molecule has 0 saturated carbocycles. The van der Waals surface area contributed by atoms with Crippen LogP contribution in [0.4, 0.5) is 11.4 Å². The van der Waals surface area contributed by atoms with Crippen molar-refractivity contribution in [2.45, 2.75) is 12.8 Å². The van der Waals surface area contributed by atoms with Gasteiger partial charge in [0.1, 0.15) is 5.75 Å². The SMILES string of the molecule is COc1cc(N)cc(NCC(C)c2nccs2)c1. The lowest BCUT2D eigenvalue weighted by Crippen LogP contribution is -2.09. The van der Waals surface area contributed by atoms with Crippen LogP contribution in [0.15, 0.2) is 29.8 Å². The molecule has 0 bridgehead atoms. The van der Waals surface area contributed by atoms with Crippen LogP contribution in [-0.4, -0.2) is 18.6 Å². The average molecular weight is 263 g/mol. The maximum absolute atomic E-state index is 5.81. The van der Waals surface area contributed by atoms with Crippen LogP contribution in [-0.2, 0) is 0 Å². The standard InChI is InChI=1S/C13H17N3OS/c1-9(13-15-3-4-18-13)8-16-11-5-10(14)6-12(7-11)17-2/h3-7,9,16H,8,14H2,1-2H3. The molecule has 0 saturated heterocycles. The van der Waals surface area contributed by atoms with Crippen molar-refractivity contribution < 1.29 is 4.74 Å². The van der Waals surface area contributed by atoms with Crippen LogP contribution in [0.3, 0.4) is 0 Å². The summed E-state index contributed by atoms with van der Waals surface area (Å²) < 4.78 is 5.18. The lowest BCUT2D eigenvalue weighted by atomic mass is 10.2. The number of nitrogens with one attached hydrogen (secondary N) is 1. The third-order valence-electron chi connectivity index (χ3n) is 2.65. The fourth-order valence-corrected chi connectivity index (χ4v) is 2.38. The zero-order valence-corrected chi connectivity index (χ0v) is 11.3. The van der Waals surface area contributed by atoms with Crippen LogP contribution in [0.1, 0.15) is 17.8 Å². The lowest BCUT2D eigenvalue weighted by Gasteiger charge is -2.12. The number of hydrogen-bond donors (Lipinski definition) is 2. The van der Waals surface area contributed by atoms with Crippen molar-refractivity contribution >= 4 is 22.7 Å². The van der Waals surface area contributed by atoms with E-state index in [4.69, 9.17) is 10.5 Å². The largest absolute Gasteiger partial charge is 0.497 e. The van der Waals surface area contributed by atoms with E-state index in [9.17, 15) is 0 Å². The predicted molar refractivity (Wildman–Crippen MR) is 76.4 cm³/mol. The Labute approximate surface area is 111 Å². The number of rotatable bonds is 5. The van der Waals surface area contributed by atoms with Crippen molar-refractivity contribution in [3.05, 3.63) is 34.8 Å². The quantitative estimate of drug-likeness (QED) is 0.814. The number of nitrogens with zero attached hydrogens (tertiary/aromatic N) is 1. The summed E-state index contributed by atoms with van der Waals surface area (Å²) in [5.41, 5.74) is 7.47. The molecule has 2 aromatic rings. The van der Waals surface area contributed by atoms with Crippen LogP contribution in [0, 0.1) is 0 Å². The number of hydrogen-bond acceptors (Lipinski definition) is 5. The van der Waals surface area contributed by atoms with Gasteiger partial charge in [0.2, 0.25) is 0 Å². The highest BCUT2D eigenvalue weighted by atomic mass is 32.1. The Morgan fingerprint density at radius 3 is 2.94 bits per heavy atom. The Hall–Kier alpha value is -1.75. The normalized spacial score (nSPS) is 12.1. The van der Waals surface area contributed by atoms with Gasteiger partial charge in [0.25, 0.3) is 0 Å². The van der Waals surface area contributed by atoms with Crippen molar-refractivity contribution in [2.24, 2.45) is 0 Å². The van der Waals surface area contributed by atoms with Gasteiger partial charge in [0, 0.05) is 47.5 Å². The van der Waals surface area contributed by atoms with Crippen LogP contribution in [0.2, 0.25) is 0 Å². The molecule has 5 heteroatoms. The van der Waals surface area contributed by atoms with Crippen molar-refractivity contribution in [2.75, 3.05) is 24.7 Å². The third-order valence-corrected chi connectivity index (χ3v) is 3.66. The molecule has 0 aliphatic rings. The molecular formula is C13H17N3OS. The van der Waals surface area contributed by atoms with Crippen LogP contribution in [0.5, 0.6) is 5.75 Å². The Balaban J connectivity index is 1.99. The second kappa shape index (κ2) is 5.73. The van der Waals surface area contributed by atoms with Crippen molar-refractivity contribution in [1.29, 1.82) is 0 Å². The van der Waals surface area contributed by atoms with E-state index in [-0.39, 0.29) is 0 Å². The molecule has 1 aromatic heterocycles. The summed E-state index contributed by atoms with van der Waals surface area (Å²) in [6, 6.07) is 5.64. The molecular weight excluding hydrogens is 246 g/mol. The molecule has 0 spiro atoms. The summed E-state index contributed by atoms with van der Waals surface area (Å²) in [4.78, 5) is 4.31. The zero-order valence-electron chi connectivity index (χ0n) is 10.5. The predicted octanol–water partition coefficient (Wildman–Crippen LogP) is 2.95. The summed E-state index contributed by atoms with van der Waals surface area (Å²) >= 11 is 1.68. The lowest BCUT2D eigenvalue weighted by molar-refractivity contribution is 0.415. The van der Waals surface area contributed by atoms with Crippen LogP contribution < -0.4 is 15.8 Å². The van der Waals surface area contributed by atoms with Crippen molar-refractivity contribution in [1.82, 2.24) is 4.98 Å². The number of benzene rings is 1. The third kappa shape index (κ3) is 3.13. The highest BCUT2D eigenvalue weighted by Gasteiger charge is 2.08. The molecule has 0 amide bonds. The summed E-state index contributed by atoms with van der Waals surface area (Å²) in [7, 11) is 1.64. The zero-order chi connectivity index (χ0) is 13.0. The maximum atomic E-state index is 5.81. The van der Waals surface area contributed by atoms with Gasteiger partial charge in [-0.1, -0.05) is 6.92 Å². The average Bonchev–Trinajstić information content (AvgIpc) is 2.89. The highest BCUT2D eigenvalue weighted by molar-refractivity contribution is 7.09. The number of thiazole rings is 1. The van der Waals surface area contributed by atoms with Gasteiger partial charge in [-0.25, -0.2) is 4.98 Å². The Kier molecular flexibility index (Phi) is 4.04. The highest BCUT2D eigenvalue weighted by Crippen LogP contribution is 2.24. The first-order valence-corrected chi connectivity index (χ1v) is 6.65. The molecule has 96 valence electrons. The number of nitrogen functional groups attached to an aromatic ring is 1. The van der Waals surface area contributed by atoms with E-state index in [1.807, 2.05) is 23.7 Å². The monoisotopic (exact) mass is 263 g/mol. The van der Waals surface area contributed by atoms with E-state index in [2.05, 4.69) is 17.2 Å². The Morgan fingerprint density at radius 1 is 1.44 bits per heavy atom. The van der Waals surface area contributed by atoms with Gasteiger partial charge in [0.15, 0.2) is 0 Å². The molecule has 18 heavy (non-hydrogen) atoms. The maximum Gasteiger partial charge on any atom is 0.122 e. The van der Waals surface area contributed by atoms with Crippen LogP contribution in [0.25, 0.3) is 0 Å². The van der Waals surface area contributed by atoms with Gasteiger partial charge in [-0.05, 0) is 6.07 Å². The Bertz CT molecular complexity index is 499. The van der Waals surface area contributed by atoms with E-state index in [1.165, 1.54) is 0 Å². The summed E-state index contributed by atoms with van der Waals surface area (Å²) in [5, 5.41) is 6.49. The number of anilines is 2. The van der Waals surface area contributed by atoms with Gasteiger partial charge in [-0.2, -0.15) is 0 Å². The molecule has 0 radical (unpaired) electrons. The molecule has 1 atom stereocenters. The van der Waals surface area contributed by atoms with Crippen LogP contribution >= 0.6 is 11.3 Å². The topological polar surface area (TPSA) is 60.2 Å². The molecule has 1 aromatic carbocycles. The fourth-order valence-electron chi connectivity index (χ4n) is 1.68. The second-order valence-electron chi connectivity index (χ2n) is 4.15. The smallest absolute Gasteiger partial charge is 0.122 e. The van der Waals surface area contributed by atoms with Gasteiger partial charge in [-0.15, -0.1) is 11.3 Å². The number of ether oxygens (including phenoxy) is 1. The van der Waals surface area contributed by atoms with E-state index < -0.39 is 0 Å². The van der Waals surface area contributed by atoms with Gasteiger partial charge >= 0.3 is 0 Å². The molecule has 2 rings (SSSR count). The molecule has 1 unspecified atom stereocenters. The molecule has 1 heterocycles.